The number of carbonyl (C=O) groups is 4. The van der Waals surface area contributed by atoms with Crippen molar-refractivity contribution in [3.05, 3.63) is 0 Å². The van der Waals surface area contributed by atoms with Gasteiger partial charge in [0.15, 0.2) is 12.2 Å². The van der Waals surface area contributed by atoms with Crippen LogP contribution in [0.25, 0.3) is 0 Å². The van der Waals surface area contributed by atoms with Crippen LogP contribution in [-0.2, 0) is 65.4 Å². The third kappa shape index (κ3) is 73.4. The van der Waals surface area contributed by atoms with Crippen molar-refractivity contribution >= 4 is 39.5 Å². The Hall–Kier alpha value is -1.94. The van der Waals surface area contributed by atoms with Gasteiger partial charge in [-0.2, -0.15) is 0 Å². The van der Waals surface area contributed by atoms with Crippen molar-refractivity contribution in [1.29, 1.82) is 0 Å². The maximum atomic E-state index is 13.1. The minimum absolute atomic E-state index is 0.105. The molecule has 0 fully saturated rings. The van der Waals surface area contributed by atoms with Crippen LogP contribution in [0.15, 0.2) is 0 Å². The van der Waals surface area contributed by atoms with E-state index in [1.165, 1.54) is 218 Å². The number of esters is 4. The van der Waals surface area contributed by atoms with Crippen molar-refractivity contribution in [3.8, 4) is 0 Å². The monoisotopic (exact) mass is 1480 g/mol. The SMILES string of the molecule is CCC(C)CCCCCCCCCCCCC(=O)O[C@H](COC(=O)CCCCCCCCC(C)CC)COP(=O)(O)OC[C@H](O)COP(=O)(O)OC[C@@H](COC(=O)CCCCCCCCCCCCCCCCCCCCC(C)C)OC(=O)CCCCCCCCCCCCCCCC(C)C. The average molecular weight is 1480 g/mol. The summed E-state index contributed by atoms with van der Waals surface area (Å²) < 4.78 is 68.7. The number of ether oxygens (including phenoxy) is 4. The molecule has 0 saturated carbocycles. The smallest absolute Gasteiger partial charge is 0.462 e. The summed E-state index contributed by atoms with van der Waals surface area (Å²) in [4.78, 5) is 73.0. The van der Waals surface area contributed by atoms with E-state index in [4.69, 9.17) is 37.0 Å². The Labute approximate surface area is 619 Å². The molecule has 0 aromatic carbocycles. The van der Waals surface area contributed by atoms with Crippen LogP contribution >= 0.6 is 15.6 Å². The Morgan fingerprint density at radius 2 is 0.475 bits per heavy atom. The van der Waals surface area contributed by atoms with Gasteiger partial charge in [0, 0.05) is 25.7 Å². The first-order valence-corrected chi connectivity index (χ1v) is 45.3. The predicted octanol–water partition coefficient (Wildman–Crippen LogP) is 24.4. The van der Waals surface area contributed by atoms with Crippen LogP contribution in [0.4, 0.5) is 0 Å². The molecule has 0 aromatic rings. The second-order valence-electron chi connectivity index (χ2n) is 31.0. The van der Waals surface area contributed by atoms with Crippen LogP contribution < -0.4 is 0 Å². The van der Waals surface area contributed by atoms with Crippen LogP contribution in [0.2, 0.25) is 0 Å². The molecule has 0 heterocycles. The number of carbonyl (C=O) groups excluding carboxylic acids is 4. The fraction of sp³-hybridized carbons (Fsp3) is 0.951. The molecule has 0 aromatic heterocycles. The zero-order valence-electron chi connectivity index (χ0n) is 66.5. The fourth-order valence-electron chi connectivity index (χ4n) is 12.5. The summed E-state index contributed by atoms with van der Waals surface area (Å²) in [7, 11) is -9.92. The molecule has 0 amide bonds. The number of phosphoric acid groups is 2. The maximum absolute atomic E-state index is 13.1. The molecule has 0 radical (unpaired) electrons. The van der Waals surface area contributed by atoms with E-state index < -0.39 is 97.5 Å². The van der Waals surface area contributed by atoms with Gasteiger partial charge in [-0.1, -0.05) is 370 Å². The molecule has 0 spiro atoms. The summed E-state index contributed by atoms with van der Waals surface area (Å²) >= 11 is 0. The van der Waals surface area contributed by atoms with Gasteiger partial charge in [0.2, 0.25) is 0 Å². The topological polar surface area (TPSA) is 237 Å². The highest BCUT2D eigenvalue weighted by Crippen LogP contribution is 2.45. The van der Waals surface area contributed by atoms with Gasteiger partial charge in [-0.25, -0.2) is 9.13 Å². The van der Waals surface area contributed by atoms with Crippen LogP contribution in [0.3, 0.4) is 0 Å². The fourth-order valence-corrected chi connectivity index (χ4v) is 14.1. The molecule has 600 valence electrons. The van der Waals surface area contributed by atoms with Crippen LogP contribution in [0.5, 0.6) is 0 Å². The Bertz CT molecular complexity index is 1980. The van der Waals surface area contributed by atoms with Gasteiger partial charge in [-0.05, 0) is 49.4 Å². The molecular formula is C82H160O17P2. The molecule has 0 aliphatic rings. The first kappa shape index (κ1) is 99.1. The Kier molecular flexibility index (Phi) is 69.6. The molecule has 0 bridgehead atoms. The summed E-state index contributed by atoms with van der Waals surface area (Å²) in [6, 6.07) is 0. The highest BCUT2D eigenvalue weighted by molar-refractivity contribution is 7.47. The van der Waals surface area contributed by atoms with Crippen molar-refractivity contribution in [2.75, 3.05) is 39.6 Å². The lowest BCUT2D eigenvalue weighted by Gasteiger charge is -2.21. The summed E-state index contributed by atoms with van der Waals surface area (Å²) in [6.07, 6.45) is 58.3. The summed E-state index contributed by atoms with van der Waals surface area (Å²) in [5.41, 5.74) is 0. The lowest BCUT2D eigenvalue weighted by atomic mass is 9.99. The molecule has 17 nitrogen and oxygen atoms in total. The van der Waals surface area contributed by atoms with E-state index in [1.807, 2.05) is 0 Å². The van der Waals surface area contributed by atoms with Crippen molar-refractivity contribution in [1.82, 2.24) is 0 Å². The van der Waals surface area contributed by atoms with E-state index in [1.54, 1.807) is 0 Å². The first-order valence-electron chi connectivity index (χ1n) is 42.3. The quantitative estimate of drug-likeness (QED) is 0.0222. The number of aliphatic hydroxyl groups is 1. The molecular weight excluding hydrogens is 1320 g/mol. The van der Waals surface area contributed by atoms with E-state index in [0.717, 1.165) is 120 Å². The van der Waals surface area contributed by atoms with Crippen LogP contribution in [0.1, 0.15) is 421 Å². The van der Waals surface area contributed by atoms with Gasteiger partial charge in [0.1, 0.15) is 19.3 Å². The molecule has 3 N–H and O–H groups in total. The van der Waals surface area contributed by atoms with Gasteiger partial charge in [-0.3, -0.25) is 37.3 Å². The van der Waals surface area contributed by atoms with Gasteiger partial charge in [-0.15, -0.1) is 0 Å². The summed E-state index contributed by atoms with van der Waals surface area (Å²) in [5.74, 6) is 1.03. The highest BCUT2D eigenvalue weighted by atomic mass is 31.2. The highest BCUT2D eigenvalue weighted by Gasteiger charge is 2.30. The van der Waals surface area contributed by atoms with Crippen molar-refractivity contribution in [3.63, 3.8) is 0 Å². The molecule has 0 aliphatic carbocycles. The number of hydrogen-bond donors (Lipinski definition) is 3. The van der Waals surface area contributed by atoms with E-state index in [0.29, 0.717) is 25.7 Å². The average Bonchev–Trinajstić information content (AvgIpc) is 0.997. The van der Waals surface area contributed by atoms with Crippen molar-refractivity contribution in [2.45, 2.75) is 440 Å². The Morgan fingerprint density at radius 3 is 0.703 bits per heavy atom. The zero-order chi connectivity index (χ0) is 74.6. The predicted molar refractivity (Wildman–Crippen MR) is 414 cm³/mol. The van der Waals surface area contributed by atoms with Gasteiger partial charge < -0.3 is 33.8 Å². The third-order valence-electron chi connectivity index (χ3n) is 19.8. The molecule has 101 heavy (non-hydrogen) atoms. The van der Waals surface area contributed by atoms with Gasteiger partial charge in [0.05, 0.1) is 26.4 Å². The Balaban J connectivity index is 5.22. The van der Waals surface area contributed by atoms with E-state index in [-0.39, 0.29) is 25.7 Å². The van der Waals surface area contributed by atoms with Crippen molar-refractivity contribution < 1.29 is 80.2 Å². The second kappa shape index (κ2) is 71.0. The van der Waals surface area contributed by atoms with Crippen LogP contribution in [-0.4, -0.2) is 96.7 Å². The largest absolute Gasteiger partial charge is 0.472 e. The normalized spacial score (nSPS) is 14.5. The second-order valence-corrected chi connectivity index (χ2v) is 33.9. The molecule has 4 unspecified atom stereocenters. The maximum Gasteiger partial charge on any atom is 0.472 e. The molecule has 0 saturated heterocycles. The van der Waals surface area contributed by atoms with E-state index >= 15 is 0 Å². The number of hydrogen-bond acceptors (Lipinski definition) is 15. The third-order valence-corrected chi connectivity index (χ3v) is 21.7. The van der Waals surface area contributed by atoms with Crippen molar-refractivity contribution in [2.24, 2.45) is 23.7 Å². The molecule has 0 aliphatic heterocycles. The van der Waals surface area contributed by atoms with Crippen LogP contribution in [0, 0.1) is 23.7 Å². The summed E-state index contributed by atoms with van der Waals surface area (Å²) in [5, 5.41) is 10.6. The van der Waals surface area contributed by atoms with Gasteiger partial charge >= 0.3 is 39.5 Å². The lowest BCUT2D eigenvalue weighted by Crippen LogP contribution is -2.30. The van der Waals surface area contributed by atoms with E-state index in [9.17, 15) is 43.2 Å². The molecule has 0 rings (SSSR count). The first-order chi connectivity index (χ1) is 48.7. The Morgan fingerprint density at radius 1 is 0.277 bits per heavy atom. The van der Waals surface area contributed by atoms with E-state index in [2.05, 4.69) is 55.4 Å². The minimum Gasteiger partial charge on any atom is -0.462 e. The minimum atomic E-state index is -4.96. The number of unbranched alkanes of at least 4 members (excludes halogenated alkanes) is 43. The van der Waals surface area contributed by atoms with Gasteiger partial charge in [0.25, 0.3) is 0 Å². The number of aliphatic hydroxyl groups excluding tert-OH is 1. The number of rotatable bonds is 79. The molecule has 7 atom stereocenters. The summed E-state index contributed by atoms with van der Waals surface area (Å²) in [6.45, 7) is 14.3. The number of phosphoric ester groups is 2. The standard InChI is InChI=1S/C82H160O17P2/c1-9-74(7)60-52-44-36-30-26-27-33-39-49-57-65-82(87)99-78(69-93-80(85)63-55-47-41-40-45-53-61-75(8)10-2)71-97-101(90,91)95-67-76(83)66-94-100(88,89)96-70-77(98-81(86)64-56-48-38-32-25-21-17-19-23-29-35-43-51-59-73(5)6)68-92-79(84)62-54-46-37-31-24-20-16-14-12-11-13-15-18-22-28-34-42-50-58-72(3)4/h72-78,83H,9-71H2,1-8H3,(H,88,89)(H,90,91)/t74?,75?,76-,77-,78-/m1/s1. The molecule has 19 heteroatoms. The lowest BCUT2D eigenvalue weighted by molar-refractivity contribution is -0.161. The zero-order valence-corrected chi connectivity index (χ0v) is 68.3.